The minimum absolute atomic E-state index is 0.00186. The van der Waals surface area contributed by atoms with Crippen LogP contribution in [0.1, 0.15) is 32.1 Å². The zero-order valence-corrected chi connectivity index (χ0v) is 17.1. The molecule has 7 nitrogen and oxygen atoms in total. The van der Waals surface area contributed by atoms with Gasteiger partial charge in [-0.05, 0) is 44.2 Å². The van der Waals surface area contributed by atoms with E-state index >= 15 is 0 Å². The summed E-state index contributed by atoms with van der Waals surface area (Å²) in [5.74, 6) is -0.561. The molecule has 160 valence electrons. The lowest BCUT2D eigenvalue weighted by molar-refractivity contribution is -0.141. The van der Waals surface area contributed by atoms with E-state index < -0.39 is 5.82 Å². The van der Waals surface area contributed by atoms with E-state index in [1.54, 1.807) is 0 Å². The highest BCUT2D eigenvalue weighted by Gasteiger charge is 2.61. The van der Waals surface area contributed by atoms with Gasteiger partial charge in [-0.25, -0.2) is 4.39 Å². The number of carbonyl (C=O) groups excluding carboxylic acids is 2. The Morgan fingerprint density at radius 1 is 1.30 bits per heavy atom. The lowest BCUT2D eigenvalue weighted by Crippen LogP contribution is -2.76. The maximum absolute atomic E-state index is 13.4. The van der Waals surface area contributed by atoms with Crippen molar-refractivity contribution in [2.75, 3.05) is 13.2 Å². The van der Waals surface area contributed by atoms with Gasteiger partial charge in [0, 0.05) is 23.6 Å². The fourth-order valence-corrected chi connectivity index (χ4v) is 4.63. The minimum Gasteiger partial charge on any atom is -0.484 e. The van der Waals surface area contributed by atoms with Gasteiger partial charge >= 0.3 is 0 Å². The Bertz CT molecular complexity index is 885. The van der Waals surface area contributed by atoms with Crippen molar-refractivity contribution in [3.8, 4) is 11.8 Å². The predicted molar refractivity (Wildman–Crippen MR) is 105 cm³/mol. The van der Waals surface area contributed by atoms with Crippen molar-refractivity contribution in [3.05, 3.63) is 29.0 Å². The Hall–Kier alpha value is -2.37. The molecule has 1 aromatic rings. The van der Waals surface area contributed by atoms with Crippen LogP contribution < -0.4 is 15.4 Å². The molecule has 3 fully saturated rings. The van der Waals surface area contributed by atoms with Crippen LogP contribution in [0.4, 0.5) is 4.39 Å². The molecule has 3 atom stereocenters. The Balaban J connectivity index is 1.17. The highest BCUT2D eigenvalue weighted by molar-refractivity contribution is 6.30. The van der Waals surface area contributed by atoms with Crippen molar-refractivity contribution in [1.29, 1.82) is 5.26 Å². The molecule has 3 saturated carbocycles. The Morgan fingerprint density at radius 2 is 2.10 bits per heavy atom. The van der Waals surface area contributed by atoms with E-state index in [1.807, 2.05) is 0 Å². The molecule has 3 aliphatic carbocycles. The lowest BCUT2D eigenvalue weighted by atomic mass is 9.50. The average Bonchev–Trinajstić information content (AvgIpc) is 2.66. The summed E-state index contributed by atoms with van der Waals surface area (Å²) >= 11 is 5.63. The van der Waals surface area contributed by atoms with Gasteiger partial charge in [-0.2, -0.15) is 5.26 Å². The number of fused-ring (bicyclic) bond motifs is 1. The molecule has 3 aliphatic rings. The Kier molecular flexibility index (Phi) is 5.85. The molecule has 0 aromatic heterocycles. The normalized spacial score (nSPS) is 31.1. The highest BCUT2D eigenvalue weighted by Crippen LogP contribution is 2.53. The quantitative estimate of drug-likeness (QED) is 0.652. The summed E-state index contributed by atoms with van der Waals surface area (Å²) in [7, 11) is 0. The van der Waals surface area contributed by atoms with E-state index in [0.29, 0.717) is 19.3 Å². The first-order valence-corrected chi connectivity index (χ1v) is 10.5. The number of nitriles is 1. The first-order valence-electron chi connectivity index (χ1n) is 10.1. The number of hydrogen-bond donors (Lipinski definition) is 2. The summed E-state index contributed by atoms with van der Waals surface area (Å²) < 4.78 is 24.3. The third-order valence-electron chi connectivity index (χ3n) is 6.40. The van der Waals surface area contributed by atoms with Gasteiger partial charge in [0.05, 0.1) is 23.1 Å². The second-order valence-corrected chi connectivity index (χ2v) is 8.73. The molecular formula is C21H23ClFN3O4. The van der Waals surface area contributed by atoms with E-state index in [4.69, 9.17) is 26.3 Å². The molecule has 0 spiro atoms. The van der Waals surface area contributed by atoms with Gasteiger partial charge < -0.3 is 20.1 Å². The zero-order valence-electron chi connectivity index (χ0n) is 16.3. The van der Waals surface area contributed by atoms with Crippen LogP contribution in [0, 0.1) is 29.0 Å². The van der Waals surface area contributed by atoms with Crippen LogP contribution in [0.5, 0.6) is 5.75 Å². The fraction of sp³-hybridized carbons (Fsp3) is 0.571. The number of rotatable bonds is 8. The standard InChI is InChI=1S/C21H23ClFN3O4/c22-16-2-1-13(7-17(16)23)29-11-20(28)26-21-4-3-15(21)18(8-21)25-19(27)10-30-14-5-12(6-14)9-24/h1-2,7,12,14-15,18H,3-6,8,10-11H2,(H,25,27)(H,26,28)/t12-,14+,15?,18?,21?. The van der Waals surface area contributed by atoms with E-state index in [9.17, 15) is 14.0 Å². The molecule has 2 amide bonds. The Labute approximate surface area is 178 Å². The van der Waals surface area contributed by atoms with Gasteiger partial charge in [0.25, 0.3) is 5.91 Å². The molecule has 1 aromatic carbocycles. The predicted octanol–water partition coefficient (Wildman–Crippen LogP) is 2.33. The van der Waals surface area contributed by atoms with Crippen LogP contribution in [0.3, 0.4) is 0 Å². The number of nitrogens with zero attached hydrogens (tertiary/aromatic N) is 1. The molecular weight excluding hydrogens is 413 g/mol. The third-order valence-corrected chi connectivity index (χ3v) is 6.71. The molecule has 9 heteroatoms. The number of halogens is 2. The number of ether oxygens (including phenoxy) is 2. The van der Waals surface area contributed by atoms with Crippen LogP contribution in [0.15, 0.2) is 18.2 Å². The largest absolute Gasteiger partial charge is 0.484 e. The molecule has 2 N–H and O–H groups in total. The van der Waals surface area contributed by atoms with E-state index in [-0.39, 0.29) is 65.3 Å². The molecule has 0 saturated heterocycles. The number of nitrogens with one attached hydrogen (secondary N) is 2. The second kappa shape index (κ2) is 8.40. The van der Waals surface area contributed by atoms with Crippen molar-refractivity contribution in [2.24, 2.45) is 11.8 Å². The molecule has 3 unspecified atom stereocenters. The SMILES string of the molecule is N#C[C@H]1C[C@@H](OCC(=O)NC2CC3(NC(=O)COc4ccc(Cl)c(F)c4)CCC23)C1. The maximum Gasteiger partial charge on any atom is 0.258 e. The van der Waals surface area contributed by atoms with Crippen molar-refractivity contribution in [1.82, 2.24) is 10.6 Å². The average molecular weight is 436 g/mol. The van der Waals surface area contributed by atoms with Gasteiger partial charge in [-0.1, -0.05) is 11.6 Å². The minimum atomic E-state index is -0.601. The highest BCUT2D eigenvalue weighted by atomic mass is 35.5. The topological polar surface area (TPSA) is 100 Å². The van der Waals surface area contributed by atoms with E-state index in [2.05, 4.69) is 16.7 Å². The van der Waals surface area contributed by atoms with Crippen molar-refractivity contribution in [2.45, 2.75) is 49.8 Å². The van der Waals surface area contributed by atoms with Crippen LogP contribution in [-0.4, -0.2) is 42.7 Å². The number of carbonyl (C=O) groups is 2. The lowest BCUT2D eigenvalue weighted by Gasteiger charge is -2.63. The molecule has 0 bridgehead atoms. The number of amides is 2. The summed E-state index contributed by atoms with van der Waals surface area (Å²) in [6.45, 7) is -0.220. The first kappa shape index (κ1) is 20.9. The van der Waals surface area contributed by atoms with Gasteiger partial charge in [0.1, 0.15) is 18.2 Å². The van der Waals surface area contributed by atoms with Crippen LogP contribution in [0.25, 0.3) is 0 Å². The third kappa shape index (κ3) is 4.23. The maximum atomic E-state index is 13.4. The number of benzene rings is 1. The number of hydrogen-bond acceptors (Lipinski definition) is 5. The van der Waals surface area contributed by atoms with Crippen LogP contribution in [0.2, 0.25) is 5.02 Å². The molecule has 30 heavy (non-hydrogen) atoms. The van der Waals surface area contributed by atoms with Crippen molar-refractivity contribution < 1.29 is 23.5 Å². The van der Waals surface area contributed by atoms with Gasteiger partial charge in [0.15, 0.2) is 6.61 Å². The zero-order chi connectivity index (χ0) is 21.3. The van der Waals surface area contributed by atoms with Crippen LogP contribution >= 0.6 is 11.6 Å². The summed E-state index contributed by atoms with van der Waals surface area (Å²) in [6, 6.07) is 6.23. The summed E-state index contributed by atoms with van der Waals surface area (Å²) in [6.07, 6.45) is 3.84. The molecule has 0 heterocycles. The van der Waals surface area contributed by atoms with Crippen LogP contribution in [-0.2, 0) is 14.3 Å². The van der Waals surface area contributed by atoms with E-state index in [0.717, 1.165) is 18.9 Å². The summed E-state index contributed by atoms with van der Waals surface area (Å²) in [4.78, 5) is 24.4. The first-order chi connectivity index (χ1) is 14.4. The Morgan fingerprint density at radius 3 is 2.73 bits per heavy atom. The van der Waals surface area contributed by atoms with Crippen molar-refractivity contribution in [3.63, 3.8) is 0 Å². The second-order valence-electron chi connectivity index (χ2n) is 8.32. The van der Waals surface area contributed by atoms with E-state index in [1.165, 1.54) is 12.1 Å². The molecule has 0 radical (unpaired) electrons. The van der Waals surface area contributed by atoms with Gasteiger partial charge in [-0.3, -0.25) is 9.59 Å². The van der Waals surface area contributed by atoms with Crippen molar-refractivity contribution >= 4 is 23.4 Å². The molecule has 4 rings (SSSR count). The van der Waals surface area contributed by atoms with Gasteiger partial charge in [0.2, 0.25) is 5.91 Å². The smallest absolute Gasteiger partial charge is 0.258 e. The summed E-state index contributed by atoms with van der Waals surface area (Å²) in [5.41, 5.74) is -0.293. The summed E-state index contributed by atoms with van der Waals surface area (Å²) in [5, 5.41) is 14.7. The monoisotopic (exact) mass is 435 g/mol. The van der Waals surface area contributed by atoms with Gasteiger partial charge in [-0.15, -0.1) is 0 Å². The molecule has 0 aliphatic heterocycles. The fourth-order valence-electron chi connectivity index (χ4n) is 4.51.